The highest BCUT2D eigenvalue weighted by molar-refractivity contribution is 9.10. The van der Waals surface area contributed by atoms with Crippen LogP contribution in [0, 0.1) is 5.92 Å². The maximum absolute atomic E-state index is 11.8. The van der Waals surface area contributed by atoms with Gasteiger partial charge in [0.2, 0.25) is 0 Å². The molecule has 0 saturated heterocycles. The number of rotatable bonds is 3. The van der Waals surface area contributed by atoms with Crippen molar-refractivity contribution in [3.8, 4) is 0 Å². The standard InChI is InChI=1S/C14H17BrO2/c15-13-8-6-11(7-9-13)10-17-14(16)12-4-2-1-3-5-12/h6-9,12H,1-5,10H2. The van der Waals surface area contributed by atoms with Gasteiger partial charge >= 0.3 is 5.97 Å². The second-order valence-electron chi connectivity index (χ2n) is 4.57. The van der Waals surface area contributed by atoms with Gasteiger partial charge in [-0.25, -0.2) is 0 Å². The van der Waals surface area contributed by atoms with E-state index < -0.39 is 0 Å². The van der Waals surface area contributed by atoms with Gasteiger partial charge in [0.15, 0.2) is 0 Å². The van der Waals surface area contributed by atoms with Gasteiger partial charge in [-0.1, -0.05) is 47.3 Å². The van der Waals surface area contributed by atoms with Crippen molar-refractivity contribution in [2.45, 2.75) is 38.7 Å². The second kappa shape index (κ2) is 6.20. The van der Waals surface area contributed by atoms with Crippen molar-refractivity contribution in [1.82, 2.24) is 0 Å². The van der Waals surface area contributed by atoms with Crippen LogP contribution in [0.15, 0.2) is 28.7 Å². The van der Waals surface area contributed by atoms with E-state index in [1.54, 1.807) is 0 Å². The fourth-order valence-corrected chi connectivity index (χ4v) is 2.46. The van der Waals surface area contributed by atoms with Crippen molar-refractivity contribution < 1.29 is 9.53 Å². The third-order valence-corrected chi connectivity index (χ3v) is 3.76. The molecule has 17 heavy (non-hydrogen) atoms. The molecule has 0 bridgehead atoms. The molecule has 1 aliphatic rings. The van der Waals surface area contributed by atoms with Crippen LogP contribution in [0.1, 0.15) is 37.7 Å². The van der Waals surface area contributed by atoms with E-state index in [0.29, 0.717) is 6.61 Å². The molecule has 0 heterocycles. The van der Waals surface area contributed by atoms with E-state index >= 15 is 0 Å². The van der Waals surface area contributed by atoms with Crippen LogP contribution in [0.4, 0.5) is 0 Å². The average Bonchev–Trinajstić information content (AvgIpc) is 2.39. The predicted molar refractivity (Wildman–Crippen MR) is 70.5 cm³/mol. The van der Waals surface area contributed by atoms with Crippen molar-refractivity contribution in [3.05, 3.63) is 34.3 Å². The molecule has 1 aromatic rings. The summed E-state index contributed by atoms with van der Waals surface area (Å²) in [5.41, 5.74) is 1.04. The van der Waals surface area contributed by atoms with Crippen LogP contribution in [0.3, 0.4) is 0 Å². The molecule has 0 atom stereocenters. The third kappa shape index (κ3) is 3.84. The van der Waals surface area contributed by atoms with Crippen LogP contribution in [-0.2, 0) is 16.1 Å². The van der Waals surface area contributed by atoms with Gasteiger partial charge in [-0.3, -0.25) is 4.79 Å². The molecule has 0 N–H and O–H groups in total. The zero-order chi connectivity index (χ0) is 12.1. The Labute approximate surface area is 110 Å². The van der Waals surface area contributed by atoms with E-state index in [9.17, 15) is 4.79 Å². The number of hydrogen-bond acceptors (Lipinski definition) is 2. The first-order valence-corrected chi connectivity index (χ1v) is 6.96. The van der Waals surface area contributed by atoms with Crippen LogP contribution in [-0.4, -0.2) is 5.97 Å². The Hall–Kier alpha value is -0.830. The number of ether oxygens (including phenoxy) is 1. The number of carbonyl (C=O) groups excluding carboxylic acids is 1. The van der Waals surface area contributed by atoms with Gasteiger partial charge in [0.25, 0.3) is 0 Å². The van der Waals surface area contributed by atoms with Crippen LogP contribution < -0.4 is 0 Å². The summed E-state index contributed by atoms with van der Waals surface area (Å²) in [4.78, 5) is 11.8. The Kier molecular flexibility index (Phi) is 4.60. The SMILES string of the molecule is O=C(OCc1ccc(Br)cc1)C1CCCCC1. The maximum Gasteiger partial charge on any atom is 0.309 e. The molecule has 0 unspecified atom stereocenters. The largest absolute Gasteiger partial charge is 0.461 e. The fraction of sp³-hybridized carbons (Fsp3) is 0.500. The average molecular weight is 297 g/mol. The molecule has 0 amide bonds. The lowest BCUT2D eigenvalue weighted by Gasteiger charge is -2.19. The molecule has 0 aromatic heterocycles. The summed E-state index contributed by atoms with van der Waals surface area (Å²) in [7, 11) is 0. The first-order valence-electron chi connectivity index (χ1n) is 6.17. The summed E-state index contributed by atoms with van der Waals surface area (Å²) in [5, 5.41) is 0. The van der Waals surface area contributed by atoms with E-state index in [1.165, 1.54) is 6.42 Å². The number of carbonyl (C=O) groups is 1. The van der Waals surface area contributed by atoms with Crippen LogP contribution in [0.5, 0.6) is 0 Å². The second-order valence-corrected chi connectivity index (χ2v) is 5.48. The summed E-state index contributed by atoms with van der Waals surface area (Å²) in [5.74, 6) is 0.117. The molecule has 0 radical (unpaired) electrons. The Balaban J connectivity index is 1.81. The zero-order valence-corrected chi connectivity index (χ0v) is 11.4. The first kappa shape index (κ1) is 12.6. The van der Waals surface area contributed by atoms with Crippen molar-refractivity contribution >= 4 is 21.9 Å². The normalized spacial score (nSPS) is 16.8. The molecular weight excluding hydrogens is 280 g/mol. The van der Waals surface area contributed by atoms with Gasteiger partial charge in [0.05, 0.1) is 5.92 Å². The topological polar surface area (TPSA) is 26.3 Å². The highest BCUT2D eigenvalue weighted by Gasteiger charge is 2.22. The fourth-order valence-electron chi connectivity index (χ4n) is 2.19. The summed E-state index contributed by atoms with van der Waals surface area (Å²) in [6.07, 6.45) is 5.59. The van der Waals surface area contributed by atoms with Gasteiger partial charge in [-0.2, -0.15) is 0 Å². The van der Waals surface area contributed by atoms with Crippen molar-refractivity contribution in [3.63, 3.8) is 0 Å². The van der Waals surface area contributed by atoms with Gasteiger partial charge < -0.3 is 4.74 Å². The van der Waals surface area contributed by atoms with Crippen LogP contribution in [0.2, 0.25) is 0 Å². The van der Waals surface area contributed by atoms with Gasteiger partial charge in [0.1, 0.15) is 6.61 Å². The smallest absolute Gasteiger partial charge is 0.309 e. The number of halogens is 1. The molecule has 92 valence electrons. The summed E-state index contributed by atoms with van der Waals surface area (Å²) < 4.78 is 6.39. The maximum atomic E-state index is 11.8. The minimum absolute atomic E-state index is 0.0207. The highest BCUT2D eigenvalue weighted by Crippen LogP contribution is 2.25. The van der Waals surface area contributed by atoms with Gasteiger partial charge in [-0.15, -0.1) is 0 Å². The molecular formula is C14H17BrO2. The quantitative estimate of drug-likeness (QED) is 0.786. The van der Waals surface area contributed by atoms with E-state index in [4.69, 9.17) is 4.74 Å². The molecule has 1 aromatic carbocycles. The Morgan fingerprint density at radius 2 is 1.82 bits per heavy atom. The number of benzene rings is 1. The molecule has 0 aliphatic heterocycles. The Morgan fingerprint density at radius 3 is 2.47 bits per heavy atom. The van der Waals surface area contributed by atoms with E-state index in [0.717, 1.165) is 35.7 Å². The minimum Gasteiger partial charge on any atom is -0.461 e. The first-order chi connectivity index (χ1) is 8.25. The van der Waals surface area contributed by atoms with Crippen LogP contribution in [0.25, 0.3) is 0 Å². The number of esters is 1. The molecule has 2 nitrogen and oxygen atoms in total. The summed E-state index contributed by atoms with van der Waals surface area (Å²) in [6.45, 7) is 0.391. The molecule has 2 rings (SSSR count). The zero-order valence-electron chi connectivity index (χ0n) is 9.82. The highest BCUT2D eigenvalue weighted by atomic mass is 79.9. The molecule has 1 fully saturated rings. The lowest BCUT2D eigenvalue weighted by molar-refractivity contribution is -0.151. The minimum atomic E-state index is -0.0207. The molecule has 1 saturated carbocycles. The Morgan fingerprint density at radius 1 is 1.18 bits per heavy atom. The van der Waals surface area contributed by atoms with E-state index in [1.807, 2.05) is 24.3 Å². The van der Waals surface area contributed by atoms with Gasteiger partial charge in [0, 0.05) is 4.47 Å². The summed E-state index contributed by atoms with van der Waals surface area (Å²) in [6, 6.07) is 7.87. The Bertz CT molecular complexity index is 366. The van der Waals surface area contributed by atoms with Crippen molar-refractivity contribution in [2.24, 2.45) is 5.92 Å². The molecule has 1 aliphatic carbocycles. The molecule has 0 spiro atoms. The predicted octanol–water partition coefficient (Wildman–Crippen LogP) is 4.07. The monoisotopic (exact) mass is 296 g/mol. The lowest BCUT2D eigenvalue weighted by Crippen LogP contribution is -2.20. The van der Waals surface area contributed by atoms with E-state index in [2.05, 4.69) is 15.9 Å². The van der Waals surface area contributed by atoms with Gasteiger partial charge in [-0.05, 0) is 30.5 Å². The lowest BCUT2D eigenvalue weighted by atomic mass is 9.89. The third-order valence-electron chi connectivity index (χ3n) is 3.23. The van der Waals surface area contributed by atoms with E-state index in [-0.39, 0.29) is 11.9 Å². The summed E-state index contributed by atoms with van der Waals surface area (Å²) >= 11 is 3.38. The molecule has 3 heteroatoms. The van der Waals surface area contributed by atoms with Crippen molar-refractivity contribution in [1.29, 1.82) is 0 Å². The number of hydrogen-bond donors (Lipinski definition) is 0. The van der Waals surface area contributed by atoms with Crippen molar-refractivity contribution in [2.75, 3.05) is 0 Å². The van der Waals surface area contributed by atoms with Crippen LogP contribution >= 0.6 is 15.9 Å².